The van der Waals surface area contributed by atoms with E-state index < -0.39 is 0 Å². The Balaban J connectivity index is 1.06. The zero-order valence-electron chi connectivity index (χ0n) is 21.8. The fourth-order valence-corrected chi connectivity index (χ4v) is 5.10. The highest BCUT2D eigenvalue weighted by molar-refractivity contribution is 6.02. The summed E-state index contributed by atoms with van der Waals surface area (Å²) < 4.78 is 10.5. The van der Waals surface area contributed by atoms with Crippen LogP contribution in [0.4, 0.5) is 0 Å². The van der Waals surface area contributed by atoms with Gasteiger partial charge in [0.2, 0.25) is 0 Å². The Bertz CT molecular complexity index is 1620. The lowest BCUT2D eigenvalue weighted by Gasteiger charge is -2.12. The van der Waals surface area contributed by atoms with Crippen LogP contribution in [0, 0.1) is 0 Å². The molecule has 3 heteroatoms. The third kappa shape index (κ3) is 5.34. The number of aromatic nitrogens is 2. The standard InChI is InChI=1S/C35H32N2O/c1-36-19-14-29(15-20-36)30-16-21-37(22-17-30)25-28-12-10-27(11-13-28)18-23-38-26-35-33-8-4-2-6-31(33)24-32-7-3-5-9-34(32)35/h2-17,19-22,24H,18,23,25-26H2,1H3/q+2. The predicted molar refractivity (Wildman–Crippen MR) is 154 cm³/mol. The van der Waals surface area contributed by atoms with E-state index >= 15 is 0 Å². The molecule has 0 aliphatic rings. The summed E-state index contributed by atoms with van der Waals surface area (Å²) in [5.74, 6) is 0. The maximum atomic E-state index is 6.21. The van der Waals surface area contributed by atoms with Gasteiger partial charge in [-0.25, -0.2) is 9.13 Å². The molecular weight excluding hydrogens is 464 g/mol. The van der Waals surface area contributed by atoms with Gasteiger partial charge < -0.3 is 4.74 Å². The van der Waals surface area contributed by atoms with Crippen molar-refractivity contribution in [2.75, 3.05) is 6.61 Å². The van der Waals surface area contributed by atoms with Crippen LogP contribution in [0.15, 0.2) is 128 Å². The van der Waals surface area contributed by atoms with Crippen molar-refractivity contribution in [1.82, 2.24) is 0 Å². The minimum Gasteiger partial charge on any atom is -0.376 e. The zero-order valence-corrected chi connectivity index (χ0v) is 21.8. The predicted octanol–water partition coefficient (Wildman–Crippen LogP) is 6.58. The van der Waals surface area contributed by atoms with Crippen molar-refractivity contribution < 1.29 is 13.9 Å². The first-order chi connectivity index (χ1) is 18.7. The number of nitrogens with zero attached hydrogens (tertiary/aromatic N) is 2. The molecule has 186 valence electrons. The lowest BCUT2D eigenvalue weighted by molar-refractivity contribution is -0.688. The number of rotatable bonds is 8. The Hall–Kier alpha value is -4.34. The minimum atomic E-state index is 0.619. The first-order valence-electron chi connectivity index (χ1n) is 13.2. The number of hydrogen-bond donors (Lipinski definition) is 0. The van der Waals surface area contributed by atoms with Crippen LogP contribution in [0.25, 0.3) is 32.7 Å². The molecule has 0 bridgehead atoms. The van der Waals surface area contributed by atoms with Gasteiger partial charge in [0.1, 0.15) is 7.05 Å². The smallest absolute Gasteiger partial charge is 0.173 e. The molecule has 0 fully saturated rings. The third-order valence-corrected chi connectivity index (χ3v) is 7.26. The van der Waals surface area contributed by atoms with Crippen LogP contribution in [0.1, 0.15) is 16.7 Å². The molecule has 0 aliphatic carbocycles. The summed E-state index contributed by atoms with van der Waals surface area (Å²) in [5, 5.41) is 5.09. The molecule has 0 radical (unpaired) electrons. The van der Waals surface area contributed by atoms with Crippen molar-refractivity contribution in [3.8, 4) is 11.1 Å². The second-order valence-electron chi connectivity index (χ2n) is 9.93. The van der Waals surface area contributed by atoms with E-state index in [0.29, 0.717) is 13.2 Å². The summed E-state index contributed by atoms with van der Waals surface area (Å²) in [6, 6.07) is 37.0. The molecule has 0 atom stereocenters. The van der Waals surface area contributed by atoms with E-state index in [1.807, 2.05) is 7.05 Å². The molecule has 3 nitrogen and oxygen atoms in total. The van der Waals surface area contributed by atoms with Gasteiger partial charge in [0.25, 0.3) is 0 Å². The molecule has 4 aromatic carbocycles. The second kappa shape index (κ2) is 11.0. The quantitative estimate of drug-likeness (QED) is 0.132. The monoisotopic (exact) mass is 496 g/mol. The number of pyridine rings is 2. The van der Waals surface area contributed by atoms with Gasteiger partial charge in [-0.1, -0.05) is 72.8 Å². The molecule has 6 aromatic rings. The van der Waals surface area contributed by atoms with Crippen molar-refractivity contribution in [2.24, 2.45) is 7.05 Å². The first-order valence-corrected chi connectivity index (χ1v) is 13.2. The SMILES string of the molecule is C[n+]1ccc(-c2cc[n+](Cc3ccc(CCOCc4c5ccccc5cc5ccccc45)cc3)cc2)cc1. The summed E-state index contributed by atoms with van der Waals surface area (Å²) in [5.41, 5.74) is 6.33. The Kier molecular flexibility index (Phi) is 6.93. The Morgan fingerprint density at radius 3 is 1.79 bits per heavy atom. The highest BCUT2D eigenvalue weighted by Crippen LogP contribution is 2.29. The van der Waals surface area contributed by atoms with Crippen LogP contribution < -0.4 is 9.13 Å². The average molecular weight is 497 g/mol. The van der Waals surface area contributed by atoms with Crippen molar-refractivity contribution in [1.29, 1.82) is 0 Å². The van der Waals surface area contributed by atoms with Gasteiger partial charge in [-0.05, 0) is 56.3 Å². The largest absolute Gasteiger partial charge is 0.376 e. The summed E-state index contributed by atoms with van der Waals surface area (Å²) >= 11 is 0. The fraction of sp³-hybridized carbons (Fsp3) is 0.143. The van der Waals surface area contributed by atoms with Gasteiger partial charge in [0.05, 0.1) is 13.2 Å². The summed E-state index contributed by atoms with van der Waals surface area (Å²) in [4.78, 5) is 0. The van der Waals surface area contributed by atoms with Gasteiger partial charge in [-0.15, -0.1) is 0 Å². The van der Waals surface area contributed by atoms with Crippen LogP contribution in [-0.4, -0.2) is 6.61 Å². The van der Waals surface area contributed by atoms with Crippen molar-refractivity contribution >= 4 is 21.5 Å². The highest BCUT2D eigenvalue weighted by atomic mass is 16.5. The van der Waals surface area contributed by atoms with Gasteiger partial charge in [-0.2, -0.15) is 0 Å². The summed E-state index contributed by atoms with van der Waals surface area (Å²) in [6.45, 7) is 2.17. The van der Waals surface area contributed by atoms with Crippen molar-refractivity contribution in [2.45, 2.75) is 19.6 Å². The molecule has 0 aliphatic heterocycles. The lowest BCUT2D eigenvalue weighted by Crippen LogP contribution is -2.33. The summed E-state index contributed by atoms with van der Waals surface area (Å²) in [7, 11) is 2.04. The number of hydrogen-bond acceptors (Lipinski definition) is 1. The summed E-state index contributed by atoms with van der Waals surface area (Å²) in [6.07, 6.45) is 9.37. The van der Waals surface area contributed by atoms with Crippen LogP contribution in [0.3, 0.4) is 0 Å². The molecule has 6 rings (SSSR count). The van der Waals surface area contributed by atoms with Gasteiger partial charge in [0, 0.05) is 29.8 Å². The normalized spacial score (nSPS) is 11.3. The molecule has 0 N–H and O–H groups in total. The molecule has 0 spiro atoms. The average Bonchev–Trinajstić information content (AvgIpc) is 2.96. The lowest BCUT2D eigenvalue weighted by atomic mass is 9.97. The maximum Gasteiger partial charge on any atom is 0.173 e. The van der Waals surface area contributed by atoms with E-state index in [0.717, 1.165) is 13.0 Å². The van der Waals surface area contributed by atoms with E-state index in [2.05, 4.69) is 137 Å². The molecule has 2 aromatic heterocycles. The molecule has 2 heterocycles. The Morgan fingerprint density at radius 1 is 0.605 bits per heavy atom. The van der Waals surface area contributed by atoms with Crippen molar-refractivity contribution in [3.63, 3.8) is 0 Å². The van der Waals surface area contributed by atoms with Crippen LogP contribution in [0.5, 0.6) is 0 Å². The van der Waals surface area contributed by atoms with E-state index in [1.165, 1.54) is 49.4 Å². The Morgan fingerprint density at radius 2 is 1.16 bits per heavy atom. The first kappa shape index (κ1) is 24.0. The Labute approximate surface area is 224 Å². The number of aryl methyl sites for hydroxylation is 1. The second-order valence-corrected chi connectivity index (χ2v) is 9.93. The molecule has 0 saturated carbocycles. The maximum absolute atomic E-state index is 6.21. The number of benzene rings is 4. The molecule has 0 amide bonds. The van der Waals surface area contributed by atoms with Gasteiger partial charge in [-0.3, -0.25) is 0 Å². The van der Waals surface area contributed by atoms with E-state index in [1.54, 1.807) is 0 Å². The number of ether oxygens (including phenoxy) is 1. The van der Waals surface area contributed by atoms with E-state index in [-0.39, 0.29) is 0 Å². The zero-order chi connectivity index (χ0) is 25.7. The molecule has 0 saturated heterocycles. The third-order valence-electron chi connectivity index (χ3n) is 7.26. The highest BCUT2D eigenvalue weighted by Gasteiger charge is 2.09. The molecule has 38 heavy (non-hydrogen) atoms. The van der Waals surface area contributed by atoms with Crippen LogP contribution >= 0.6 is 0 Å². The molecular formula is C35H32N2O+2. The number of fused-ring (bicyclic) bond motifs is 2. The molecule has 0 unspecified atom stereocenters. The topological polar surface area (TPSA) is 17.0 Å². The van der Waals surface area contributed by atoms with E-state index in [9.17, 15) is 0 Å². The van der Waals surface area contributed by atoms with Crippen LogP contribution in [-0.2, 0) is 31.4 Å². The van der Waals surface area contributed by atoms with Crippen LogP contribution in [0.2, 0.25) is 0 Å². The van der Waals surface area contributed by atoms with Crippen molar-refractivity contribution in [3.05, 3.63) is 145 Å². The van der Waals surface area contributed by atoms with Gasteiger partial charge in [0.15, 0.2) is 31.3 Å². The van der Waals surface area contributed by atoms with E-state index in [4.69, 9.17) is 4.74 Å². The minimum absolute atomic E-state index is 0.619. The van der Waals surface area contributed by atoms with Gasteiger partial charge >= 0.3 is 0 Å². The fourth-order valence-electron chi connectivity index (χ4n) is 5.10.